The molecule has 0 saturated carbocycles. The average Bonchev–Trinajstić information content (AvgIpc) is 3.08. The molecule has 2 aromatic heterocycles. The van der Waals surface area contributed by atoms with Crippen molar-refractivity contribution in [3.05, 3.63) is 34.4 Å². The molecule has 0 bridgehead atoms. The molecule has 9 heteroatoms. The van der Waals surface area contributed by atoms with Crippen LogP contribution in [0.15, 0.2) is 24.5 Å². The number of aromatic nitrogens is 1. The quantitative estimate of drug-likeness (QED) is 0.735. The fourth-order valence-electron chi connectivity index (χ4n) is 3.52. The van der Waals surface area contributed by atoms with Crippen molar-refractivity contribution in [1.29, 1.82) is 5.41 Å². The Balaban J connectivity index is 1.59. The number of methoxy groups -OCH3 is 1. The van der Waals surface area contributed by atoms with Crippen LogP contribution in [0.1, 0.15) is 23.8 Å². The number of hydrogen-bond acceptors (Lipinski definition) is 6. The first-order valence-corrected chi connectivity index (χ1v) is 11.2. The van der Waals surface area contributed by atoms with Crippen molar-refractivity contribution in [3.8, 4) is 16.2 Å². The van der Waals surface area contributed by atoms with E-state index in [0.717, 1.165) is 15.3 Å². The van der Waals surface area contributed by atoms with Crippen molar-refractivity contribution in [3.63, 3.8) is 0 Å². The zero-order valence-electron chi connectivity index (χ0n) is 14.8. The second kappa shape index (κ2) is 7.60. The second-order valence-corrected chi connectivity index (χ2v) is 9.92. The Morgan fingerprint density at radius 3 is 2.89 bits per heavy atom. The lowest BCUT2D eigenvalue weighted by Crippen LogP contribution is -2.61. The Labute approximate surface area is 169 Å². The third-order valence-electron chi connectivity index (χ3n) is 5.09. The fourth-order valence-corrected chi connectivity index (χ4v) is 6.91. The second-order valence-electron chi connectivity index (χ2n) is 6.63. The number of pyridine rings is 1. The molecule has 0 aromatic carbocycles. The minimum absolute atomic E-state index is 0.225. The summed E-state index contributed by atoms with van der Waals surface area (Å²) in [6, 6.07) is 3.58. The third-order valence-corrected chi connectivity index (χ3v) is 8.93. The molecule has 2 aliphatic heterocycles. The number of nitrogens with zero attached hydrogens (tertiary/aromatic N) is 1. The number of nitrogens with one attached hydrogen (secondary N) is 2. The lowest BCUT2D eigenvalue weighted by atomic mass is 9.96. The van der Waals surface area contributed by atoms with Gasteiger partial charge in [0.15, 0.2) is 10.6 Å². The summed E-state index contributed by atoms with van der Waals surface area (Å²) in [6.45, 7) is 1.10. The van der Waals surface area contributed by atoms with Gasteiger partial charge in [-0.3, -0.25) is 10.4 Å². The van der Waals surface area contributed by atoms with Crippen LogP contribution in [-0.4, -0.2) is 46.2 Å². The molecule has 0 aliphatic carbocycles. The monoisotopic (exact) mass is 425 g/mol. The predicted octanol–water partition coefficient (Wildman–Crippen LogP) is 3.39. The van der Waals surface area contributed by atoms with Crippen LogP contribution in [0.5, 0.6) is 5.75 Å². The van der Waals surface area contributed by atoms with Crippen molar-refractivity contribution in [2.45, 2.75) is 23.6 Å². The van der Waals surface area contributed by atoms with Crippen molar-refractivity contribution in [1.82, 2.24) is 10.3 Å². The maximum Gasteiger partial charge on any atom is 0.185 e. The zero-order valence-corrected chi connectivity index (χ0v) is 17.2. The smallest absolute Gasteiger partial charge is 0.185 e. The van der Waals surface area contributed by atoms with Gasteiger partial charge in [-0.05, 0) is 23.3 Å². The number of halogens is 1. The molecular formula is C18H20ClN3O3S2. The SMILES string of the molecule is COc1cncc(-c2cc(Cl)c([C@@H]3C[S+]([O-])C4(CCOCC4)C(=N)N3)s2)c1. The highest BCUT2D eigenvalue weighted by Crippen LogP contribution is 2.43. The van der Waals surface area contributed by atoms with Crippen LogP contribution in [-0.2, 0) is 15.9 Å². The molecule has 27 heavy (non-hydrogen) atoms. The molecule has 6 nitrogen and oxygen atoms in total. The minimum Gasteiger partial charge on any atom is -0.616 e. The van der Waals surface area contributed by atoms with Gasteiger partial charge in [-0.25, -0.2) is 0 Å². The standard InChI is InChI=1S/C18H20ClN3O3S2/c1-24-12-6-11(8-21-9-12)15-7-13(19)16(26-15)14-10-27(23)18(17(20)22-14)2-4-25-5-3-18/h6-9,14H,2-5,10H2,1H3,(H2,20,22)/t14-,27?/m0/s1. The van der Waals surface area contributed by atoms with Gasteiger partial charge >= 0.3 is 0 Å². The molecular weight excluding hydrogens is 406 g/mol. The highest BCUT2D eigenvalue weighted by Gasteiger charge is 2.53. The largest absolute Gasteiger partial charge is 0.616 e. The fraction of sp³-hybridized carbons (Fsp3) is 0.444. The predicted molar refractivity (Wildman–Crippen MR) is 109 cm³/mol. The van der Waals surface area contributed by atoms with E-state index in [4.69, 9.17) is 26.5 Å². The van der Waals surface area contributed by atoms with E-state index >= 15 is 0 Å². The molecule has 4 rings (SSSR count). The number of rotatable bonds is 3. The van der Waals surface area contributed by atoms with E-state index in [1.165, 1.54) is 11.3 Å². The lowest BCUT2D eigenvalue weighted by molar-refractivity contribution is 0.0869. The molecule has 2 saturated heterocycles. The van der Waals surface area contributed by atoms with Gasteiger partial charge in [0.1, 0.15) is 17.5 Å². The molecule has 0 amide bonds. The molecule has 1 unspecified atom stereocenters. The summed E-state index contributed by atoms with van der Waals surface area (Å²) in [7, 11) is 1.60. The molecule has 2 aromatic rings. The Kier molecular flexibility index (Phi) is 5.35. The van der Waals surface area contributed by atoms with Crippen molar-refractivity contribution >= 4 is 39.9 Å². The van der Waals surface area contributed by atoms with Gasteiger partial charge in [0.05, 0.1) is 36.4 Å². The van der Waals surface area contributed by atoms with E-state index < -0.39 is 15.9 Å². The number of ether oxygens (including phenoxy) is 2. The molecule has 2 fully saturated rings. The molecule has 2 N–H and O–H groups in total. The summed E-state index contributed by atoms with van der Waals surface area (Å²) in [5, 5.41) is 12.4. The zero-order chi connectivity index (χ0) is 19.0. The van der Waals surface area contributed by atoms with Gasteiger partial charge in [-0.2, -0.15) is 0 Å². The van der Waals surface area contributed by atoms with Gasteiger partial charge in [0.2, 0.25) is 0 Å². The van der Waals surface area contributed by atoms with E-state index in [9.17, 15) is 4.55 Å². The van der Waals surface area contributed by atoms with E-state index in [0.29, 0.717) is 48.4 Å². The van der Waals surface area contributed by atoms with Gasteiger partial charge < -0.3 is 19.3 Å². The van der Waals surface area contributed by atoms with Crippen LogP contribution in [0.3, 0.4) is 0 Å². The van der Waals surface area contributed by atoms with Gasteiger partial charge in [0.25, 0.3) is 0 Å². The molecule has 0 radical (unpaired) electrons. The van der Waals surface area contributed by atoms with Gasteiger partial charge in [-0.1, -0.05) is 11.6 Å². The first-order chi connectivity index (χ1) is 13.0. The minimum atomic E-state index is -1.15. The molecule has 144 valence electrons. The molecule has 1 spiro atoms. The van der Waals surface area contributed by atoms with Gasteiger partial charge in [0, 0.05) is 29.5 Å². The Morgan fingerprint density at radius 1 is 1.41 bits per heavy atom. The van der Waals surface area contributed by atoms with E-state index in [-0.39, 0.29) is 6.04 Å². The normalized spacial score (nSPS) is 24.6. The summed E-state index contributed by atoms with van der Waals surface area (Å²) >= 11 is 6.89. The van der Waals surface area contributed by atoms with Crippen molar-refractivity contribution in [2.75, 3.05) is 26.1 Å². The Bertz CT molecular complexity index is 854. The van der Waals surface area contributed by atoms with E-state index in [1.807, 2.05) is 12.1 Å². The van der Waals surface area contributed by atoms with Crippen LogP contribution in [0.25, 0.3) is 10.4 Å². The summed E-state index contributed by atoms with van der Waals surface area (Å²) in [6.07, 6.45) is 4.66. The number of hydrogen-bond donors (Lipinski definition) is 2. The number of amidine groups is 1. The van der Waals surface area contributed by atoms with Crippen molar-refractivity contribution < 1.29 is 14.0 Å². The highest BCUT2D eigenvalue weighted by molar-refractivity contribution is 7.93. The molecule has 2 aliphatic rings. The summed E-state index contributed by atoms with van der Waals surface area (Å²) < 4.78 is 23.1. The van der Waals surface area contributed by atoms with E-state index in [2.05, 4.69) is 10.3 Å². The topological polar surface area (TPSA) is 90.3 Å². The van der Waals surface area contributed by atoms with Crippen LogP contribution >= 0.6 is 22.9 Å². The average molecular weight is 426 g/mol. The van der Waals surface area contributed by atoms with Gasteiger partial charge in [-0.15, -0.1) is 11.3 Å². The summed E-state index contributed by atoms with van der Waals surface area (Å²) in [5.41, 5.74) is 0.917. The highest BCUT2D eigenvalue weighted by atomic mass is 35.5. The first kappa shape index (κ1) is 19.0. The number of thiophene rings is 1. The van der Waals surface area contributed by atoms with Crippen LogP contribution in [0, 0.1) is 5.41 Å². The summed E-state index contributed by atoms with van der Waals surface area (Å²) in [4.78, 5) is 6.06. The first-order valence-electron chi connectivity index (χ1n) is 8.64. The molecule has 2 atom stereocenters. The third kappa shape index (κ3) is 3.45. The Hall–Kier alpha value is -1.32. The maximum atomic E-state index is 13.0. The maximum absolute atomic E-state index is 13.0. The van der Waals surface area contributed by atoms with Crippen LogP contribution < -0.4 is 10.1 Å². The van der Waals surface area contributed by atoms with Crippen molar-refractivity contribution in [2.24, 2.45) is 0 Å². The van der Waals surface area contributed by atoms with Crippen LogP contribution in [0.2, 0.25) is 5.02 Å². The Morgan fingerprint density at radius 2 is 2.19 bits per heavy atom. The lowest BCUT2D eigenvalue weighted by Gasteiger charge is -2.44. The summed E-state index contributed by atoms with van der Waals surface area (Å²) in [5.74, 6) is 1.46. The molecule has 4 heterocycles. The van der Waals surface area contributed by atoms with E-state index in [1.54, 1.807) is 19.5 Å². The van der Waals surface area contributed by atoms with Crippen LogP contribution in [0.4, 0.5) is 0 Å².